The predicted octanol–water partition coefficient (Wildman–Crippen LogP) is -0.345. The highest BCUT2D eigenvalue weighted by Crippen LogP contribution is 1.86. The molecule has 0 saturated heterocycles. The van der Waals surface area contributed by atoms with E-state index in [-0.39, 0.29) is 6.61 Å². The van der Waals surface area contributed by atoms with Crippen molar-refractivity contribution in [2.24, 2.45) is 0 Å². The van der Waals surface area contributed by atoms with E-state index in [2.05, 4.69) is 5.32 Å². The number of aliphatic hydroxyl groups is 1. The second-order valence-corrected chi connectivity index (χ2v) is 3.63. The largest absolute Gasteiger partial charge is 0.394 e. The first-order valence-electron chi connectivity index (χ1n) is 6.48. The third-order valence-electron chi connectivity index (χ3n) is 2.05. The number of aliphatic hydroxyl groups excluding tert-OH is 1. The van der Waals surface area contributed by atoms with Crippen LogP contribution in [0.1, 0.15) is 6.42 Å². The quantitative estimate of drug-likeness (QED) is 0.395. The number of rotatable bonds is 15. The number of hydrogen-bond acceptors (Lipinski definition) is 6. The summed E-state index contributed by atoms with van der Waals surface area (Å²) < 4.78 is 21.0. The summed E-state index contributed by atoms with van der Waals surface area (Å²) >= 11 is 0. The molecular formula is C12H27NO5. The summed E-state index contributed by atoms with van der Waals surface area (Å²) in [5, 5.41) is 11.5. The minimum atomic E-state index is 0.0598. The van der Waals surface area contributed by atoms with E-state index in [0.29, 0.717) is 46.2 Å². The Hall–Kier alpha value is -0.240. The Labute approximate surface area is 110 Å². The Bertz CT molecular complexity index is 132. The molecule has 6 nitrogen and oxygen atoms in total. The third-order valence-corrected chi connectivity index (χ3v) is 2.05. The highest BCUT2D eigenvalue weighted by atomic mass is 16.5. The van der Waals surface area contributed by atoms with Crippen molar-refractivity contribution in [2.75, 3.05) is 73.1 Å². The zero-order chi connectivity index (χ0) is 13.3. The van der Waals surface area contributed by atoms with Gasteiger partial charge in [-0.05, 0) is 13.5 Å². The van der Waals surface area contributed by atoms with Crippen LogP contribution in [0.25, 0.3) is 0 Å². The lowest BCUT2D eigenvalue weighted by atomic mass is 10.5. The Morgan fingerprint density at radius 2 is 1.22 bits per heavy atom. The highest BCUT2D eigenvalue weighted by molar-refractivity contribution is 4.38. The molecule has 0 saturated carbocycles. The molecule has 0 radical (unpaired) electrons. The molecule has 0 bridgehead atoms. The van der Waals surface area contributed by atoms with Crippen LogP contribution in [0.2, 0.25) is 0 Å². The lowest BCUT2D eigenvalue weighted by molar-refractivity contribution is 0.0165. The standard InChI is InChI=1S/C12H27NO5/c1-13-3-7-17-11-9-15-5-2-6-16-10-12-18-8-4-14/h13-14H,2-12H2,1H3. The van der Waals surface area contributed by atoms with E-state index in [0.717, 1.165) is 19.6 Å². The Kier molecular flexibility index (Phi) is 16.5. The van der Waals surface area contributed by atoms with Gasteiger partial charge in [0.1, 0.15) is 0 Å². The molecule has 0 aliphatic carbocycles. The van der Waals surface area contributed by atoms with E-state index in [4.69, 9.17) is 24.1 Å². The molecule has 0 aromatic heterocycles. The van der Waals surface area contributed by atoms with Gasteiger partial charge < -0.3 is 29.4 Å². The summed E-state index contributed by atoms with van der Waals surface area (Å²) in [4.78, 5) is 0. The van der Waals surface area contributed by atoms with Crippen molar-refractivity contribution in [1.82, 2.24) is 5.32 Å². The van der Waals surface area contributed by atoms with Crippen molar-refractivity contribution in [3.05, 3.63) is 0 Å². The maximum absolute atomic E-state index is 8.46. The van der Waals surface area contributed by atoms with Crippen LogP contribution in [0.4, 0.5) is 0 Å². The minimum Gasteiger partial charge on any atom is -0.394 e. The van der Waals surface area contributed by atoms with E-state index in [1.54, 1.807) is 0 Å². The lowest BCUT2D eigenvalue weighted by Crippen LogP contribution is -2.16. The van der Waals surface area contributed by atoms with Gasteiger partial charge in [0, 0.05) is 19.8 Å². The van der Waals surface area contributed by atoms with E-state index >= 15 is 0 Å². The molecule has 110 valence electrons. The molecule has 0 rings (SSSR count). The maximum Gasteiger partial charge on any atom is 0.0701 e. The van der Waals surface area contributed by atoms with Crippen molar-refractivity contribution in [3.63, 3.8) is 0 Å². The third kappa shape index (κ3) is 15.8. The second kappa shape index (κ2) is 16.8. The molecule has 0 unspecified atom stereocenters. The monoisotopic (exact) mass is 265 g/mol. The summed E-state index contributed by atoms with van der Waals surface area (Å²) in [6, 6.07) is 0. The molecule has 0 aliphatic rings. The van der Waals surface area contributed by atoms with Crippen LogP contribution in [0, 0.1) is 0 Å². The van der Waals surface area contributed by atoms with Gasteiger partial charge in [0.15, 0.2) is 0 Å². The Balaban J connectivity index is 2.86. The minimum absolute atomic E-state index is 0.0598. The average molecular weight is 265 g/mol. The molecule has 18 heavy (non-hydrogen) atoms. The van der Waals surface area contributed by atoms with Crippen LogP contribution in [0.3, 0.4) is 0 Å². The molecule has 0 fully saturated rings. The first-order valence-corrected chi connectivity index (χ1v) is 6.48. The number of hydrogen-bond donors (Lipinski definition) is 2. The van der Waals surface area contributed by atoms with Gasteiger partial charge in [-0.25, -0.2) is 0 Å². The smallest absolute Gasteiger partial charge is 0.0701 e. The summed E-state index contributed by atoms with van der Waals surface area (Å²) in [7, 11) is 1.90. The topological polar surface area (TPSA) is 69.2 Å². The molecular weight excluding hydrogens is 238 g/mol. The fourth-order valence-corrected chi connectivity index (χ4v) is 1.15. The van der Waals surface area contributed by atoms with Crippen molar-refractivity contribution < 1.29 is 24.1 Å². The lowest BCUT2D eigenvalue weighted by Gasteiger charge is -2.06. The van der Waals surface area contributed by atoms with Gasteiger partial charge in [0.25, 0.3) is 0 Å². The molecule has 2 N–H and O–H groups in total. The van der Waals surface area contributed by atoms with Gasteiger partial charge in [-0.3, -0.25) is 0 Å². The molecule has 0 atom stereocenters. The number of nitrogens with one attached hydrogen (secondary N) is 1. The van der Waals surface area contributed by atoms with Crippen LogP contribution in [0.15, 0.2) is 0 Å². The molecule has 0 amide bonds. The zero-order valence-corrected chi connectivity index (χ0v) is 11.4. The van der Waals surface area contributed by atoms with Gasteiger partial charge in [0.2, 0.25) is 0 Å². The van der Waals surface area contributed by atoms with E-state index in [9.17, 15) is 0 Å². The van der Waals surface area contributed by atoms with E-state index < -0.39 is 0 Å². The number of ether oxygens (including phenoxy) is 4. The van der Waals surface area contributed by atoms with Crippen molar-refractivity contribution in [3.8, 4) is 0 Å². The van der Waals surface area contributed by atoms with E-state index in [1.807, 2.05) is 7.05 Å². The predicted molar refractivity (Wildman–Crippen MR) is 68.9 cm³/mol. The van der Waals surface area contributed by atoms with Crippen LogP contribution in [-0.2, 0) is 18.9 Å². The van der Waals surface area contributed by atoms with Crippen LogP contribution in [0.5, 0.6) is 0 Å². The van der Waals surface area contributed by atoms with Crippen molar-refractivity contribution in [2.45, 2.75) is 6.42 Å². The Morgan fingerprint density at radius 3 is 1.72 bits per heavy atom. The van der Waals surface area contributed by atoms with E-state index in [1.165, 1.54) is 0 Å². The van der Waals surface area contributed by atoms with Crippen molar-refractivity contribution >= 4 is 0 Å². The van der Waals surface area contributed by atoms with Gasteiger partial charge in [0.05, 0.1) is 46.2 Å². The molecule has 0 aromatic carbocycles. The molecule has 0 heterocycles. The maximum atomic E-state index is 8.46. The van der Waals surface area contributed by atoms with Gasteiger partial charge in [-0.2, -0.15) is 0 Å². The second-order valence-electron chi connectivity index (χ2n) is 3.63. The summed E-state index contributed by atoms with van der Waals surface area (Å²) in [6.45, 7) is 5.73. The van der Waals surface area contributed by atoms with Crippen molar-refractivity contribution in [1.29, 1.82) is 0 Å². The van der Waals surface area contributed by atoms with Crippen LogP contribution < -0.4 is 5.32 Å². The van der Waals surface area contributed by atoms with Gasteiger partial charge in [-0.15, -0.1) is 0 Å². The fraction of sp³-hybridized carbons (Fsp3) is 1.00. The molecule has 0 aliphatic heterocycles. The van der Waals surface area contributed by atoms with Crippen LogP contribution in [-0.4, -0.2) is 78.2 Å². The number of likely N-dealkylation sites (N-methyl/N-ethyl adjacent to an activating group) is 1. The molecule has 0 aromatic rings. The first kappa shape index (κ1) is 17.8. The highest BCUT2D eigenvalue weighted by Gasteiger charge is 1.92. The fourth-order valence-electron chi connectivity index (χ4n) is 1.15. The first-order chi connectivity index (χ1) is 8.91. The van der Waals surface area contributed by atoms with Gasteiger partial charge >= 0.3 is 0 Å². The summed E-state index contributed by atoms with van der Waals surface area (Å²) in [5.41, 5.74) is 0. The van der Waals surface area contributed by atoms with Crippen LogP contribution >= 0.6 is 0 Å². The summed E-state index contributed by atoms with van der Waals surface area (Å²) in [6.07, 6.45) is 0.872. The SMILES string of the molecule is CNCCOCCOCCCOCCOCCO. The normalized spacial score (nSPS) is 11.0. The Morgan fingerprint density at radius 1 is 0.722 bits per heavy atom. The summed E-state index contributed by atoms with van der Waals surface area (Å²) in [5.74, 6) is 0. The van der Waals surface area contributed by atoms with Gasteiger partial charge in [-0.1, -0.05) is 0 Å². The zero-order valence-electron chi connectivity index (χ0n) is 11.4. The molecule has 0 spiro atoms. The average Bonchev–Trinajstić information content (AvgIpc) is 2.39. The molecule has 6 heteroatoms.